The molecular formula is C29H33F3N6O4S. The van der Waals surface area contributed by atoms with E-state index >= 15 is 0 Å². The van der Waals surface area contributed by atoms with Gasteiger partial charge in [0.2, 0.25) is 0 Å². The Kier molecular flexibility index (Phi) is 9.16. The summed E-state index contributed by atoms with van der Waals surface area (Å²) < 4.78 is 46.4. The van der Waals surface area contributed by atoms with Crippen molar-refractivity contribution in [1.82, 2.24) is 19.9 Å². The molecule has 2 N–H and O–H groups in total. The molecule has 230 valence electrons. The highest BCUT2D eigenvalue weighted by Gasteiger charge is 2.35. The molecule has 2 fully saturated rings. The number of benzene rings is 1. The minimum atomic E-state index is -4.62. The molecule has 0 spiro atoms. The van der Waals surface area contributed by atoms with Crippen molar-refractivity contribution in [3.63, 3.8) is 0 Å². The number of likely N-dealkylation sites (tertiary alicyclic amines) is 1. The number of halogens is 3. The highest BCUT2D eigenvalue weighted by atomic mass is 32.1. The van der Waals surface area contributed by atoms with Gasteiger partial charge in [-0.15, -0.1) is 0 Å². The van der Waals surface area contributed by atoms with Crippen molar-refractivity contribution in [3.8, 4) is 17.0 Å². The number of carbonyl (C=O) groups is 2. The third-order valence-electron chi connectivity index (χ3n) is 8.05. The zero-order valence-electron chi connectivity index (χ0n) is 23.9. The van der Waals surface area contributed by atoms with Crippen molar-refractivity contribution in [1.29, 1.82) is 0 Å². The molecule has 1 amide bonds. The predicted octanol–water partition coefficient (Wildman–Crippen LogP) is 5.56. The summed E-state index contributed by atoms with van der Waals surface area (Å²) in [5, 5.41) is 12.2. The van der Waals surface area contributed by atoms with E-state index in [1.165, 1.54) is 36.9 Å². The summed E-state index contributed by atoms with van der Waals surface area (Å²) in [5.41, 5.74) is -0.187. The van der Waals surface area contributed by atoms with E-state index in [0.29, 0.717) is 50.0 Å². The molecule has 43 heavy (non-hydrogen) atoms. The predicted molar refractivity (Wildman–Crippen MR) is 155 cm³/mol. The maximum Gasteiger partial charge on any atom is 0.419 e. The zero-order chi connectivity index (χ0) is 30.7. The minimum absolute atomic E-state index is 0.0527. The number of carbonyl (C=O) groups excluding carboxylic acids is 1. The van der Waals surface area contributed by atoms with Gasteiger partial charge in [0, 0.05) is 36.1 Å². The molecule has 0 radical (unpaired) electrons. The number of amides is 1. The Bertz CT molecular complexity index is 1460. The number of alkyl halides is 3. The number of carboxylic acids is 1. The van der Waals surface area contributed by atoms with Crippen LogP contribution in [0.3, 0.4) is 0 Å². The minimum Gasteiger partial charge on any atom is -0.496 e. The molecule has 1 aromatic carbocycles. The Morgan fingerprint density at radius 2 is 1.91 bits per heavy atom. The molecule has 2 saturated heterocycles. The molecule has 3 aromatic rings. The first-order valence-corrected chi connectivity index (χ1v) is 15.0. The Balaban J connectivity index is 1.38. The normalized spacial score (nSPS) is 18.2. The molecule has 0 saturated carbocycles. The zero-order valence-corrected chi connectivity index (χ0v) is 24.7. The second-order valence-electron chi connectivity index (χ2n) is 10.7. The lowest BCUT2D eigenvalue weighted by Crippen LogP contribution is -2.36. The summed E-state index contributed by atoms with van der Waals surface area (Å²) in [6.07, 6.45) is 2.27. The van der Waals surface area contributed by atoms with E-state index in [4.69, 9.17) is 4.74 Å². The molecule has 0 unspecified atom stereocenters. The van der Waals surface area contributed by atoms with Crippen LogP contribution in [-0.2, 0) is 17.5 Å². The van der Waals surface area contributed by atoms with Crippen molar-refractivity contribution >= 4 is 34.2 Å². The number of aliphatic carboxylic acids is 1. The van der Waals surface area contributed by atoms with Crippen molar-refractivity contribution in [2.75, 3.05) is 37.0 Å². The summed E-state index contributed by atoms with van der Waals surface area (Å²) in [6, 6.07) is 4.24. The molecule has 2 aliphatic heterocycles. The maximum atomic E-state index is 13.8. The van der Waals surface area contributed by atoms with Crippen LogP contribution in [0.1, 0.15) is 60.0 Å². The second kappa shape index (κ2) is 12.8. The molecule has 1 atom stereocenters. The number of hydrogen-bond acceptors (Lipinski definition) is 9. The van der Waals surface area contributed by atoms with Gasteiger partial charge in [-0.2, -0.15) is 13.2 Å². The van der Waals surface area contributed by atoms with Crippen molar-refractivity contribution in [3.05, 3.63) is 46.7 Å². The Morgan fingerprint density at radius 1 is 1.14 bits per heavy atom. The Labute approximate surface area is 250 Å². The number of nitrogens with zero attached hydrogens (tertiary/aromatic N) is 5. The summed E-state index contributed by atoms with van der Waals surface area (Å²) in [5.74, 6) is -1.45. The highest BCUT2D eigenvalue weighted by Crippen LogP contribution is 2.41. The number of anilines is 2. The first-order chi connectivity index (χ1) is 20.6. The quantitative estimate of drug-likeness (QED) is 0.318. The lowest BCUT2D eigenvalue weighted by atomic mass is 9.97. The van der Waals surface area contributed by atoms with Gasteiger partial charge >= 0.3 is 12.1 Å². The molecule has 14 heteroatoms. The fourth-order valence-electron chi connectivity index (χ4n) is 5.68. The van der Waals surface area contributed by atoms with Crippen LogP contribution in [-0.4, -0.2) is 69.6 Å². The third-order valence-corrected chi connectivity index (χ3v) is 9.01. The molecule has 2 aliphatic rings. The van der Waals surface area contributed by atoms with Gasteiger partial charge in [0.15, 0.2) is 5.13 Å². The lowest BCUT2D eigenvalue weighted by molar-refractivity contribution is -0.142. The SMILES string of the molecule is CC[C@H]1CCCN1Cc1sc(NC(=O)c2cnc(N3CCC(C(=O)O)CC3)cn2)nc1-c1ccc(OC)c(C(F)(F)F)c1. The van der Waals surface area contributed by atoms with E-state index in [-0.39, 0.29) is 28.1 Å². The summed E-state index contributed by atoms with van der Waals surface area (Å²) in [6.45, 7) is 4.55. The number of rotatable bonds is 9. The number of ether oxygens (including phenoxy) is 1. The Morgan fingerprint density at radius 3 is 2.53 bits per heavy atom. The molecule has 0 bridgehead atoms. The molecule has 5 rings (SSSR count). The number of piperidine rings is 1. The number of methoxy groups -OCH3 is 1. The van der Waals surface area contributed by atoms with Crippen LogP contribution in [0, 0.1) is 5.92 Å². The first kappa shape index (κ1) is 30.7. The van der Waals surface area contributed by atoms with E-state index in [9.17, 15) is 27.9 Å². The van der Waals surface area contributed by atoms with Crippen molar-refractivity contribution in [2.45, 2.75) is 57.8 Å². The number of hydrogen-bond donors (Lipinski definition) is 2. The van der Waals surface area contributed by atoms with E-state index in [0.717, 1.165) is 36.8 Å². The number of thiazole rings is 1. The topological polar surface area (TPSA) is 121 Å². The van der Waals surface area contributed by atoms with Crippen LogP contribution in [0.2, 0.25) is 0 Å². The van der Waals surface area contributed by atoms with Gasteiger partial charge < -0.3 is 14.7 Å². The van der Waals surface area contributed by atoms with Gasteiger partial charge in [0.1, 0.15) is 17.3 Å². The monoisotopic (exact) mass is 618 g/mol. The maximum absolute atomic E-state index is 13.8. The van der Waals surface area contributed by atoms with Crippen molar-refractivity contribution < 1.29 is 32.6 Å². The van der Waals surface area contributed by atoms with Crippen LogP contribution < -0.4 is 15.0 Å². The first-order valence-electron chi connectivity index (χ1n) is 14.2. The molecule has 10 nitrogen and oxygen atoms in total. The van der Waals surface area contributed by atoms with Gasteiger partial charge in [-0.1, -0.05) is 18.3 Å². The molecule has 0 aliphatic carbocycles. The molecule has 2 aromatic heterocycles. The smallest absolute Gasteiger partial charge is 0.419 e. The molecule has 4 heterocycles. The van der Waals surface area contributed by atoms with E-state index in [1.54, 1.807) is 6.07 Å². The summed E-state index contributed by atoms with van der Waals surface area (Å²) in [4.78, 5) is 42.5. The summed E-state index contributed by atoms with van der Waals surface area (Å²) in [7, 11) is 1.20. The Hall–Kier alpha value is -3.78. The third kappa shape index (κ3) is 6.90. The van der Waals surface area contributed by atoms with Crippen LogP contribution in [0.15, 0.2) is 30.6 Å². The second-order valence-corrected chi connectivity index (χ2v) is 11.8. The van der Waals surface area contributed by atoms with Crippen LogP contribution in [0.4, 0.5) is 24.1 Å². The average Bonchev–Trinajstić information content (AvgIpc) is 3.62. The van der Waals surface area contributed by atoms with Crippen LogP contribution >= 0.6 is 11.3 Å². The van der Waals surface area contributed by atoms with E-state index < -0.39 is 23.6 Å². The standard InChI is InChI=1S/C29H33F3N6O4S/c1-3-19-5-4-10-38(19)16-23-25(18-6-7-22(42-2)20(13-18)29(30,31)32)35-28(43-23)36-26(39)21-14-34-24(15-33-21)37-11-8-17(9-12-37)27(40)41/h6-7,13-15,17,19H,3-5,8-12,16H2,1-2H3,(H,40,41)(H,35,36,39)/t19-/m0/s1. The lowest BCUT2D eigenvalue weighted by Gasteiger charge is -2.30. The van der Waals surface area contributed by atoms with E-state index in [1.807, 2.05) is 4.90 Å². The fraction of sp³-hybridized carbons (Fsp3) is 0.483. The van der Waals surface area contributed by atoms with Gasteiger partial charge in [-0.05, 0) is 56.8 Å². The largest absolute Gasteiger partial charge is 0.496 e. The molecular weight excluding hydrogens is 585 g/mol. The van der Waals surface area contributed by atoms with Gasteiger partial charge in [-0.25, -0.2) is 15.0 Å². The average molecular weight is 619 g/mol. The van der Waals surface area contributed by atoms with Crippen LogP contribution in [0.5, 0.6) is 5.75 Å². The number of aromatic nitrogens is 3. The van der Waals surface area contributed by atoms with Gasteiger partial charge in [0.05, 0.1) is 36.7 Å². The summed E-state index contributed by atoms with van der Waals surface area (Å²) >= 11 is 1.23. The van der Waals surface area contributed by atoms with Crippen LogP contribution in [0.25, 0.3) is 11.3 Å². The van der Waals surface area contributed by atoms with Gasteiger partial charge in [-0.3, -0.25) is 19.8 Å². The van der Waals surface area contributed by atoms with E-state index in [2.05, 4.69) is 32.1 Å². The number of carboxylic acid groups (broad SMARTS) is 1. The van der Waals surface area contributed by atoms with Crippen molar-refractivity contribution in [2.24, 2.45) is 5.92 Å². The van der Waals surface area contributed by atoms with Gasteiger partial charge in [0.25, 0.3) is 5.91 Å². The fourth-order valence-corrected chi connectivity index (χ4v) is 6.69. The number of nitrogens with one attached hydrogen (secondary N) is 1. The highest BCUT2D eigenvalue weighted by molar-refractivity contribution is 7.16.